The average molecular weight is 285 g/mol. The minimum Gasteiger partial charge on any atom is -0.478 e. The number of amides is 1. The molecule has 1 fully saturated rings. The van der Waals surface area contributed by atoms with Crippen LogP contribution in [0.15, 0.2) is 30.5 Å². The second-order valence-corrected chi connectivity index (χ2v) is 5.00. The molecule has 0 spiro atoms. The molecule has 1 aromatic carbocycles. The van der Waals surface area contributed by atoms with E-state index in [1.165, 1.54) is 6.20 Å². The number of hydrogen-bond donors (Lipinski definition) is 3. The number of rotatable bonds is 3. The lowest BCUT2D eigenvalue weighted by atomic mass is 10.0. The third-order valence-corrected chi connectivity index (χ3v) is 3.61. The van der Waals surface area contributed by atoms with Crippen LogP contribution in [0.1, 0.15) is 23.2 Å². The summed E-state index contributed by atoms with van der Waals surface area (Å²) in [7, 11) is 0. The smallest absolute Gasteiger partial charge is 0.339 e. The van der Waals surface area contributed by atoms with Crippen LogP contribution in [-0.4, -0.2) is 34.6 Å². The van der Waals surface area contributed by atoms with Crippen LogP contribution in [-0.2, 0) is 4.79 Å². The second kappa shape index (κ2) is 5.40. The van der Waals surface area contributed by atoms with Gasteiger partial charge >= 0.3 is 5.97 Å². The molecule has 0 saturated carbocycles. The van der Waals surface area contributed by atoms with Gasteiger partial charge in [-0.05, 0) is 18.9 Å². The van der Waals surface area contributed by atoms with Gasteiger partial charge in [0.2, 0.25) is 5.91 Å². The number of benzene rings is 1. The SMILES string of the molecule is O=C(O)c1cnc2ccccc2c1NC1CCCNC1=O. The molecule has 108 valence electrons. The van der Waals surface area contributed by atoms with Crippen LogP contribution >= 0.6 is 0 Å². The van der Waals surface area contributed by atoms with Crippen LogP contribution in [0.2, 0.25) is 0 Å². The molecule has 2 aromatic rings. The Kier molecular flexibility index (Phi) is 3.43. The van der Waals surface area contributed by atoms with Gasteiger partial charge in [0.1, 0.15) is 11.6 Å². The molecule has 2 heterocycles. The maximum atomic E-state index is 11.9. The largest absolute Gasteiger partial charge is 0.478 e. The van der Waals surface area contributed by atoms with E-state index >= 15 is 0 Å². The van der Waals surface area contributed by atoms with Gasteiger partial charge in [0, 0.05) is 18.1 Å². The van der Waals surface area contributed by atoms with Crippen molar-refractivity contribution in [2.45, 2.75) is 18.9 Å². The number of aromatic nitrogens is 1. The molecule has 1 atom stereocenters. The summed E-state index contributed by atoms with van der Waals surface area (Å²) < 4.78 is 0. The first-order valence-corrected chi connectivity index (χ1v) is 6.82. The number of carboxylic acid groups (broad SMARTS) is 1. The molecule has 6 heteroatoms. The zero-order chi connectivity index (χ0) is 14.8. The molecule has 3 N–H and O–H groups in total. The molecule has 0 bridgehead atoms. The van der Waals surface area contributed by atoms with Gasteiger partial charge in [-0.15, -0.1) is 0 Å². The zero-order valence-corrected chi connectivity index (χ0v) is 11.3. The molecule has 1 amide bonds. The number of nitrogens with zero attached hydrogens (tertiary/aromatic N) is 1. The predicted molar refractivity (Wildman–Crippen MR) is 78.4 cm³/mol. The summed E-state index contributed by atoms with van der Waals surface area (Å²) in [5.41, 5.74) is 1.23. The first kappa shape index (κ1) is 13.4. The van der Waals surface area contributed by atoms with Gasteiger partial charge in [-0.3, -0.25) is 9.78 Å². The topological polar surface area (TPSA) is 91.3 Å². The lowest BCUT2D eigenvalue weighted by Gasteiger charge is -2.25. The molecule has 1 aliphatic rings. The fourth-order valence-corrected chi connectivity index (χ4v) is 2.54. The summed E-state index contributed by atoms with van der Waals surface area (Å²) in [6.45, 7) is 0.667. The maximum absolute atomic E-state index is 11.9. The normalized spacial score (nSPS) is 18.3. The molecule has 1 aliphatic heterocycles. The number of aromatic carboxylic acids is 1. The molecule has 1 unspecified atom stereocenters. The van der Waals surface area contributed by atoms with Gasteiger partial charge in [0.05, 0.1) is 11.2 Å². The van der Waals surface area contributed by atoms with Crippen molar-refractivity contribution in [1.82, 2.24) is 10.3 Å². The Bertz CT molecular complexity index is 714. The van der Waals surface area contributed by atoms with Gasteiger partial charge in [0.25, 0.3) is 0 Å². The van der Waals surface area contributed by atoms with E-state index in [1.54, 1.807) is 6.07 Å². The number of hydrogen-bond acceptors (Lipinski definition) is 4. The van der Waals surface area contributed by atoms with Crippen molar-refractivity contribution in [2.75, 3.05) is 11.9 Å². The van der Waals surface area contributed by atoms with Crippen LogP contribution in [0, 0.1) is 0 Å². The number of carbonyl (C=O) groups excluding carboxylic acids is 1. The molecular formula is C15H15N3O3. The third kappa shape index (κ3) is 2.52. The van der Waals surface area contributed by atoms with E-state index in [-0.39, 0.29) is 11.5 Å². The van der Waals surface area contributed by atoms with Crippen LogP contribution < -0.4 is 10.6 Å². The molecule has 0 aliphatic carbocycles. The maximum Gasteiger partial charge on any atom is 0.339 e. The Morgan fingerprint density at radius 3 is 2.95 bits per heavy atom. The number of fused-ring (bicyclic) bond motifs is 1. The number of anilines is 1. The molecular weight excluding hydrogens is 270 g/mol. The summed E-state index contributed by atoms with van der Waals surface area (Å²) in [5.74, 6) is -1.16. The fourth-order valence-electron chi connectivity index (χ4n) is 2.54. The van der Waals surface area contributed by atoms with Crippen molar-refractivity contribution in [3.63, 3.8) is 0 Å². The summed E-state index contributed by atoms with van der Waals surface area (Å²) in [5, 5.41) is 15.9. The van der Waals surface area contributed by atoms with E-state index in [9.17, 15) is 14.7 Å². The van der Waals surface area contributed by atoms with Crippen LogP contribution in [0.4, 0.5) is 5.69 Å². The molecule has 1 saturated heterocycles. The predicted octanol–water partition coefficient (Wildman–Crippen LogP) is 1.62. The fraction of sp³-hybridized carbons (Fsp3) is 0.267. The highest BCUT2D eigenvalue weighted by atomic mass is 16.4. The molecule has 3 rings (SSSR count). The Hall–Kier alpha value is -2.63. The number of carbonyl (C=O) groups is 2. The summed E-state index contributed by atoms with van der Waals surface area (Å²) in [4.78, 5) is 27.4. The minimum absolute atomic E-state index is 0.0760. The Morgan fingerprint density at radius 2 is 2.19 bits per heavy atom. The number of pyridine rings is 1. The van der Waals surface area contributed by atoms with E-state index in [4.69, 9.17) is 0 Å². The van der Waals surface area contributed by atoms with Gasteiger partial charge in [0.15, 0.2) is 0 Å². The van der Waals surface area contributed by atoms with Crippen LogP contribution in [0.25, 0.3) is 10.9 Å². The van der Waals surface area contributed by atoms with Crippen molar-refractivity contribution in [3.8, 4) is 0 Å². The molecule has 6 nitrogen and oxygen atoms in total. The van der Waals surface area contributed by atoms with Crippen LogP contribution in [0.5, 0.6) is 0 Å². The van der Waals surface area contributed by atoms with E-state index in [2.05, 4.69) is 15.6 Å². The van der Waals surface area contributed by atoms with Crippen LogP contribution in [0.3, 0.4) is 0 Å². The van der Waals surface area contributed by atoms with Crippen molar-refractivity contribution < 1.29 is 14.7 Å². The molecule has 1 aromatic heterocycles. The molecule has 0 radical (unpaired) electrons. The Labute approximate surface area is 121 Å². The number of para-hydroxylation sites is 1. The van der Waals surface area contributed by atoms with Gasteiger partial charge in [-0.1, -0.05) is 18.2 Å². The van der Waals surface area contributed by atoms with Crippen molar-refractivity contribution >= 4 is 28.5 Å². The van der Waals surface area contributed by atoms with Gasteiger partial charge < -0.3 is 15.7 Å². The lowest BCUT2D eigenvalue weighted by molar-refractivity contribution is -0.123. The quantitative estimate of drug-likeness (QED) is 0.797. The van der Waals surface area contributed by atoms with Gasteiger partial charge in [-0.2, -0.15) is 0 Å². The number of carboxylic acids is 1. The molecule has 21 heavy (non-hydrogen) atoms. The minimum atomic E-state index is -1.06. The summed E-state index contributed by atoms with van der Waals surface area (Å²) in [6, 6.07) is 6.86. The van der Waals surface area contributed by atoms with E-state index in [0.29, 0.717) is 29.6 Å². The zero-order valence-electron chi connectivity index (χ0n) is 11.3. The average Bonchev–Trinajstić information content (AvgIpc) is 2.49. The van der Waals surface area contributed by atoms with E-state index in [1.807, 2.05) is 18.2 Å². The second-order valence-electron chi connectivity index (χ2n) is 5.00. The van der Waals surface area contributed by atoms with Gasteiger partial charge in [-0.25, -0.2) is 4.79 Å². The van der Waals surface area contributed by atoms with Crippen molar-refractivity contribution in [2.24, 2.45) is 0 Å². The highest BCUT2D eigenvalue weighted by Crippen LogP contribution is 2.27. The lowest BCUT2D eigenvalue weighted by Crippen LogP contribution is -2.44. The first-order chi connectivity index (χ1) is 10.2. The van der Waals surface area contributed by atoms with E-state index in [0.717, 1.165) is 6.42 Å². The third-order valence-electron chi connectivity index (χ3n) is 3.61. The number of nitrogens with one attached hydrogen (secondary N) is 2. The highest BCUT2D eigenvalue weighted by Gasteiger charge is 2.24. The van der Waals surface area contributed by atoms with E-state index < -0.39 is 12.0 Å². The van der Waals surface area contributed by atoms with Crippen molar-refractivity contribution in [3.05, 3.63) is 36.0 Å². The summed E-state index contributed by atoms with van der Waals surface area (Å²) >= 11 is 0. The monoisotopic (exact) mass is 285 g/mol. The standard InChI is InChI=1S/C15H15N3O3/c19-14-12(6-3-7-16-14)18-13-9-4-1-2-5-11(9)17-8-10(13)15(20)21/h1-2,4-5,8,12H,3,6-7H2,(H,16,19)(H,17,18)(H,20,21). The summed E-state index contributed by atoms with van der Waals surface area (Å²) in [6.07, 6.45) is 2.88. The Morgan fingerprint density at radius 1 is 1.38 bits per heavy atom. The Balaban J connectivity index is 2.07. The first-order valence-electron chi connectivity index (χ1n) is 6.82. The number of piperidine rings is 1. The highest BCUT2D eigenvalue weighted by molar-refractivity contribution is 6.05. The van der Waals surface area contributed by atoms with Crippen molar-refractivity contribution in [1.29, 1.82) is 0 Å².